The number of carbonyl (C=O) groups is 1. The molecule has 0 radical (unpaired) electrons. The van der Waals surface area contributed by atoms with E-state index in [-0.39, 0.29) is 5.56 Å². The average molecular weight is 271 g/mol. The monoisotopic (exact) mass is 270 g/mol. The maximum atomic E-state index is 11.0. The molecule has 100 valence electrons. The van der Waals surface area contributed by atoms with Gasteiger partial charge in [-0.15, -0.1) is 0 Å². The summed E-state index contributed by atoms with van der Waals surface area (Å²) in [7, 11) is 0. The summed E-state index contributed by atoms with van der Waals surface area (Å²) < 4.78 is 0. The van der Waals surface area contributed by atoms with Crippen LogP contribution in [0.4, 0.5) is 5.82 Å². The molecule has 0 aliphatic rings. The highest BCUT2D eigenvalue weighted by Crippen LogP contribution is 2.17. The van der Waals surface area contributed by atoms with Gasteiger partial charge in [0.25, 0.3) is 0 Å². The Morgan fingerprint density at radius 2 is 2.17 bits per heavy atom. The van der Waals surface area contributed by atoms with Crippen molar-refractivity contribution in [1.29, 1.82) is 0 Å². The molecule has 0 unspecified atom stereocenters. The SMILES string of the molecule is CC(C)CCCCNc1nc(Cl)ccc1C(=O)O. The van der Waals surface area contributed by atoms with Crippen LogP contribution >= 0.6 is 11.6 Å². The van der Waals surface area contributed by atoms with Gasteiger partial charge in [0.15, 0.2) is 0 Å². The van der Waals surface area contributed by atoms with Gasteiger partial charge in [-0.3, -0.25) is 0 Å². The summed E-state index contributed by atoms with van der Waals surface area (Å²) in [4.78, 5) is 15.0. The molecule has 1 rings (SSSR count). The normalized spacial score (nSPS) is 10.7. The number of pyridine rings is 1. The van der Waals surface area contributed by atoms with Gasteiger partial charge in [0.2, 0.25) is 0 Å². The van der Waals surface area contributed by atoms with Crippen LogP contribution in [0.5, 0.6) is 0 Å². The van der Waals surface area contributed by atoms with Gasteiger partial charge in [0.05, 0.1) is 0 Å². The zero-order valence-corrected chi connectivity index (χ0v) is 11.5. The summed E-state index contributed by atoms with van der Waals surface area (Å²) in [6, 6.07) is 2.95. The van der Waals surface area contributed by atoms with Crippen LogP contribution in [0.25, 0.3) is 0 Å². The third kappa shape index (κ3) is 4.92. The van der Waals surface area contributed by atoms with Crippen molar-refractivity contribution in [2.24, 2.45) is 5.92 Å². The topological polar surface area (TPSA) is 62.2 Å². The van der Waals surface area contributed by atoms with E-state index in [0.29, 0.717) is 23.4 Å². The molecule has 1 aromatic heterocycles. The van der Waals surface area contributed by atoms with Gasteiger partial charge in [0, 0.05) is 6.54 Å². The van der Waals surface area contributed by atoms with Gasteiger partial charge in [-0.25, -0.2) is 9.78 Å². The Hall–Kier alpha value is -1.29. The molecule has 0 saturated carbocycles. The molecule has 2 N–H and O–H groups in total. The number of carboxylic acids is 1. The largest absolute Gasteiger partial charge is 0.478 e. The van der Waals surface area contributed by atoms with Crippen molar-refractivity contribution < 1.29 is 9.90 Å². The lowest BCUT2D eigenvalue weighted by Gasteiger charge is -2.09. The fourth-order valence-electron chi connectivity index (χ4n) is 1.63. The van der Waals surface area contributed by atoms with E-state index in [0.717, 1.165) is 12.8 Å². The van der Waals surface area contributed by atoms with E-state index in [1.54, 1.807) is 0 Å². The standard InChI is InChI=1S/C13H19ClN2O2/c1-9(2)5-3-4-8-15-12-10(13(17)18)6-7-11(14)16-12/h6-7,9H,3-5,8H2,1-2H3,(H,15,16)(H,17,18). The second-order valence-electron chi connectivity index (χ2n) is 4.65. The molecule has 0 fully saturated rings. The minimum absolute atomic E-state index is 0.156. The number of rotatable bonds is 7. The summed E-state index contributed by atoms with van der Waals surface area (Å²) in [6.07, 6.45) is 3.29. The van der Waals surface area contributed by atoms with Crippen LogP contribution in [-0.4, -0.2) is 22.6 Å². The molecule has 0 aliphatic heterocycles. The Bertz CT molecular complexity index is 408. The number of aromatic carboxylic acids is 1. The third-order valence-corrected chi connectivity index (χ3v) is 2.80. The number of nitrogens with one attached hydrogen (secondary N) is 1. The maximum Gasteiger partial charge on any atom is 0.339 e. The van der Waals surface area contributed by atoms with Crippen molar-refractivity contribution in [1.82, 2.24) is 4.98 Å². The lowest BCUT2D eigenvalue weighted by Crippen LogP contribution is -2.09. The molecular weight excluding hydrogens is 252 g/mol. The highest BCUT2D eigenvalue weighted by atomic mass is 35.5. The fourth-order valence-corrected chi connectivity index (χ4v) is 1.77. The van der Waals surface area contributed by atoms with E-state index in [1.165, 1.54) is 18.6 Å². The van der Waals surface area contributed by atoms with Crippen molar-refractivity contribution in [3.63, 3.8) is 0 Å². The van der Waals surface area contributed by atoms with E-state index in [9.17, 15) is 4.79 Å². The lowest BCUT2D eigenvalue weighted by molar-refractivity contribution is 0.0697. The zero-order chi connectivity index (χ0) is 13.5. The smallest absolute Gasteiger partial charge is 0.339 e. The minimum Gasteiger partial charge on any atom is -0.478 e. The first-order valence-electron chi connectivity index (χ1n) is 6.14. The Labute approximate surface area is 112 Å². The number of anilines is 1. The second kappa shape index (κ2) is 7.21. The highest BCUT2D eigenvalue weighted by Gasteiger charge is 2.11. The van der Waals surface area contributed by atoms with Crippen molar-refractivity contribution in [3.05, 3.63) is 22.8 Å². The Balaban J connectivity index is 2.50. The van der Waals surface area contributed by atoms with Crippen LogP contribution in [0.15, 0.2) is 12.1 Å². The van der Waals surface area contributed by atoms with Crippen molar-refractivity contribution >= 4 is 23.4 Å². The third-order valence-electron chi connectivity index (χ3n) is 2.59. The maximum absolute atomic E-state index is 11.0. The molecule has 0 aliphatic carbocycles. The number of halogens is 1. The van der Waals surface area contributed by atoms with E-state index in [2.05, 4.69) is 24.1 Å². The molecule has 0 atom stereocenters. The molecule has 0 saturated heterocycles. The van der Waals surface area contributed by atoms with E-state index >= 15 is 0 Å². The van der Waals surface area contributed by atoms with Gasteiger partial charge < -0.3 is 10.4 Å². The molecule has 0 bridgehead atoms. The van der Waals surface area contributed by atoms with Crippen LogP contribution in [0.2, 0.25) is 5.15 Å². The minimum atomic E-state index is -0.996. The molecule has 18 heavy (non-hydrogen) atoms. The first kappa shape index (κ1) is 14.8. The van der Waals surface area contributed by atoms with Crippen LogP contribution in [-0.2, 0) is 0 Å². The van der Waals surface area contributed by atoms with Gasteiger partial charge in [0.1, 0.15) is 16.5 Å². The quantitative estimate of drug-likeness (QED) is 0.586. The van der Waals surface area contributed by atoms with Crippen LogP contribution in [0.3, 0.4) is 0 Å². The Morgan fingerprint density at radius 3 is 2.78 bits per heavy atom. The van der Waals surface area contributed by atoms with Crippen LogP contribution < -0.4 is 5.32 Å². The predicted octanol–water partition coefficient (Wildman–Crippen LogP) is 3.67. The average Bonchev–Trinajstić information content (AvgIpc) is 2.27. The van der Waals surface area contributed by atoms with Gasteiger partial charge >= 0.3 is 5.97 Å². The second-order valence-corrected chi connectivity index (χ2v) is 5.04. The summed E-state index contributed by atoms with van der Waals surface area (Å²) in [5.41, 5.74) is 0.156. The number of aromatic nitrogens is 1. The summed E-state index contributed by atoms with van der Waals surface area (Å²) in [6.45, 7) is 5.09. The Kier molecular flexibility index (Phi) is 5.92. The van der Waals surface area contributed by atoms with Gasteiger partial charge in [-0.1, -0.05) is 38.3 Å². The lowest BCUT2D eigenvalue weighted by atomic mass is 10.1. The van der Waals surface area contributed by atoms with Crippen molar-refractivity contribution in [3.8, 4) is 0 Å². The summed E-state index contributed by atoms with van der Waals surface area (Å²) >= 11 is 5.76. The molecule has 1 aromatic rings. The fraction of sp³-hybridized carbons (Fsp3) is 0.538. The molecule has 0 amide bonds. The van der Waals surface area contributed by atoms with Gasteiger partial charge in [-0.05, 0) is 24.5 Å². The van der Waals surface area contributed by atoms with Crippen molar-refractivity contribution in [2.45, 2.75) is 33.1 Å². The molecule has 0 aromatic carbocycles. The number of hydrogen-bond donors (Lipinski definition) is 2. The predicted molar refractivity (Wildman–Crippen MR) is 73.4 cm³/mol. The molecule has 1 heterocycles. The van der Waals surface area contributed by atoms with E-state index < -0.39 is 5.97 Å². The number of nitrogens with zero attached hydrogens (tertiary/aromatic N) is 1. The first-order chi connectivity index (χ1) is 8.50. The zero-order valence-electron chi connectivity index (χ0n) is 10.7. The first-order valence-corrected chi connectivity index (χ1v) is 6.52. The van der Waals surface area contributed by atoms with Crippen molar-refractivity contribution in [2.75, 3.05) is 11.9 Å². The Morgan fingerprint density at radius 1 is 1.44 bits per heavy atom. The van der Waals surface area contributed by atoms with Gasteiger partial charge in [-0.2, -0.15) is 0 Å². The summed E-state index contributed by atoms with van der Waals surface area (Å²) in [5, 5.41) is 12.3. The number of carboxylic acid groups (broad SMARTS) is 1. The van der Waals surface area contributed by atoms with Crippen LogP contribution in [0, 0.1) is 5.92 Å². The highest BCUT2D eigenvalue weighted by molar-refractivity contribution is 6.29. The molecule has 5 heteroatoms. The number of hydrogen-bond acceptors (Lipinski definition) is 3. The molecular formula is C13H19ClN2O2. The molecule has 4 nitrogen and oxygen atoms in total. The van der Waals surface area contributed by atoms with E-state index in [4.69, 9.17) is 16.7 Å². The van der Waals surface area contributed by atoms with Crippen LogP contribution in [0.1, 0.15) is 43.5 Å². The summed E-state index contributed by atoms with van der Waals surface area (Å²) in [5.74, 6) is 0.0484. The number of unbranched alkanes of at least 4 members (excludes halogenated alkanes) is 1. The molecule has 0 spiro atoms. The van der Waals surface area contributed by atoms with E-state index in [1.807, 2.05) is 0 Å².